The zero-order valence-corrected chi connectivity index (χ0v) is 10.2. The number of benzene rings is 1. The van der Waals surface area contributed by atoms with E-state index in [4.69, 9.17) is 0 Å². The lowest BCUT2D eigenvalue weighted by molar-refractivity contribution is 0.490. The quantitative estimate of drug-likeness (QED) is 0.834. The molecule has 18 heavy (non-hydrogen) atoms. The molecule has 0 amide bonds. The van der Waals surface area contributed by atoms with Crippen LogP contribution in [0.3, 0.4) is 0 Å². The lowest BCUT2D eigenvalue weighted by atomic mass is 10.2. The summed E-state index contributed by atoms with van der Waals surface area (Å²) in [5, 5.41) is 2.77. The molecule has 1 saturated heterocycles. The van der Waals surface area contributed by atoms with Crippen LogP contribution in [0.2, 0.25) is 0 Å². The average Bonchev–Trinajstić information content (AvgIpc) is 2.81. The van der Waals surface area contributed by atoms with Gasteiger partial charge < -0.3 is 0 Å². The van der Waals surface area contributed by atoms with E-state index in [1.807, 2.05) is 0 Å². The van der Waals surface area contributed by atoms with Gasteiger partial charge >= 0.3 is 0 Å². The van der Waals surface area contributed by atoms with Crippen molar-refractivity contribution in [2.24, 2.45) is 0 Å². The summed E-state index contributed by atoms with van der Waals surface area (Å²) in [5.41, 5.74) is -0.102. The first-order chi connectivity index (χ1) is 8.48. The maximum Gasteiger partial charge on any atom is 0.277 e. The van der Waals surface area contributed by atoms with E-state index in [-0.39, 0.29) is 16.9 Å². The zero-order valence-electron chi connectivity index (χ0n) is 9.39. The number of H-pyrrole nitrogens is 1. The number of sulfone groups is 1. The van der Waals surface area contributed by atoms with Gasteiger partial charge in [0.25, 0.3) is 5.56 Å². The van der Waals surface area contributed by atoms with Gasteiger partial charge in [0, 0.05) is 0 Å². The van der Waals surface area contributed by atoms with Crippen LogP contribution in [0.15, 0.2) is 23.0 Å². The van der Waals surface area contributed by atoms with Crippen LogP contribution in [0.4, 0.5) is 4.39 Å². The first-order valence-corrected chi connectivity index (χ1v) is 7.39. The Morgan fingerprint density at radius 1 is 1.39 bits per heavy atom. The van der Waals surface area contributed by atoms with Crippen molar-refractivity contribution in [3.63, 3.8) is 0 Å². The molecule has 1 fully saturated rings. The largest absolute Gasteiger partial charge is 0.295 e. The molecule has 0 aliphatic carbocycles. The average molecular weight is 270 g/mol. The molecule has 1 aromatic carbocycles. The molecule has 7 heteroatoms. The summed E-state index contributed by atoms with van der Waals surface area (Å²) >= 11 is 0. The van der Waals surface area contributed by atoms with E-state index in [0.717, 1.165) is 0 Å². The number of halogens is 1. The van der Waals surface area contributed by atoms with E-state index in [9.17, 15) is 17.6 Å². The Labute approximate surface area is 102 Å². The van der Waals surface area contributed by atoms with Gasteiger partial charge in [-0.25, -0.2) is 17.5 Å². The van der Waals surface area contributed by atoms with E-state index >= 15 is 0 Å². The second kappa shape index (κ2) is 3.68. The van der Waals surface area contributed by atoms with E-state index in [0.29, 0.717) is 11.9 Å². The minimum atomic E-state index is -3.08. The van der Waals surface area contributed by atoms with Gasteiger partial charge in [-0.3, -0.25) is 9.89 Å². The summed E-state index contributed by atoms with van der Waals surface area (Å²) in [5.74, 6) is -0.586. The summed E-state index contributed by atoms with van der Waals surface area (Å²) in [4.78, 5) is 12.0. The highest BCUT2D eigenvalue weighted by molar-refractivity contribution is 7.91. The minimum Gasteiger partial charge on any atom is -0.295 e. The van der Waals surface area contributed by atoms with Crippen molar-refractivity contribution in [3.05, 3.63) is 34.4 Å². The number of aromatic nitrogens is 2. The highest BCUT2D eigenvalue weighted by atomic mass is 32.2. The Kier molecular flexibility index (Phi) is 2.34. The smallest absolute Gasteiger partial charge is 0.277 e. The lowest BCUT2D eigenvalue weighted by Gasteiger charge is -2.07. The van der Waals surface area contributed by atoms with Crippen molar-refractivity contribution in [2.45, 2.75) is 12.5 Å². The molecule has 0 saturated carbocycles. The number of hydrogen-bond acceptors (Lipinski definition) is 3. The molecule has 1 unspecified atom stereocenters. The maximum atomic E-state index is 13.5. The van der Waals surface area contributed by atoms with Crippen molar-refractivity contribution >= 4 is 20.7 Å². The second-order valence-electron chi connectivity index (χ2n) is 4.51. The zero-order chi connectivity index (χ0) is 12.9. The Morgan fingerprint density at radius 2 is 2.17 bits per heavy atom. The van der Waals surface area contributed by atoms with Crippen molar-refractivity contribution in [3.8, 4) is 0 Å². The van der Waals surface area contributed by atoms with Gasteiger partial charge in [0.1, 0.15) is 11.2 Å². The molecule has 1 aliphatic rings. The molecule has 0 radical (unpaired) electrons. The molecular weight excluding hydrogens is 259 g/mol. The molecule has 1 aliphatic heterocycles. The summed E-state index contributed by atoms with van der Waals surface area (Å²) in [6, 6.07) is 3.89. The molecular formula is C11H11FN2O3S. The first kappa shape index (κ1) is 11.5. The fourth-order valence-corrected chi connectivity index (χ4v) is 4.07. The van der Waals surface area contributed by atoms with Crippen LogP contribution in [0.5, 0.6) is 0 Å². The van der Waals surface area contributed by atoms with Crippen molar-refractivity contribution in [1.29, 1.82) is 0 Å². The monoisotopic (exact) mass is 270 g/mol. The van der Waals surface area contributed by atoms with Crippen LogP contribution in [0, 0.1) is 5.82 Å². The summed E-state index contributed by atoms with van der Waals surface area (Å²) < 4.78 is 37.6. The number of hydrogen-bond donors (Lipinski definition) is 1. The van der Waals surface area contributed by atoms with E-state index in [2.05, 4.69) is 5.10 Å². The minimum absolute atomic E-state index is 0.0122. The normalized spacial score (nSPS) is 22.6. The molecule has 0 spiro atoms. The van der Waals surface area contributed by atoms with E-state index in [1.165, 1.54) is 16.8 Å². The van der Waals surface area contributed by atoms with Gasteiger partial charge in [-0.2, -0.15) is 0 Å². The Balaban J connectivity index is 2.17. The van der Waals surface area contributed by atoms with Crippen LogP contribution in [0.25, 0.3) is 10.9 Å². The molecule has 2 aromatic rings. The van der Waals surface area contributed by atoms with Gasteiger partial charge in [-0.15, -0.1) is 0 Å². The Bertz CT molecular complexity index is 775. The predicted molar refractivity (Wildman–Crippen MR) is 64.8 cm³/mol. The van der Waals surface area contributed by atoms with E-state index < -0.39 is 27.3 Å². The molecule has 2 heterocycles. The third kappa shape index (κ3) is 1.66. The van der Waals surface area contributed by atoms with Crippen LogP contribution in [-0.4, -0.2) is 29.7 Å². The first-order valence-electron chi connectivity index (χ1n) is 5.57. The van der Waals surface area contributed by atoms with Crippen LogP contribution < -0.4 is 5.56 Å². The van der Waals surface area contributed by atoms with Crippen molar-refractivity contribution in [2.75, 3.05) is 11.5 Å². The molecule has 1 aromatic heterocycles. The third-order valence-electron chi connectivity index (χ3n) is 3.26. The van der Waals surface area contributed by atoms with Gasteiger partial charge in [0.2, 0.25) is 0 Å². The highest BCUT2D eigenvalue weighted by Gasteiger charge is 2.31. The molecule has 5 nitrogen and oxygen atoms in total. The summed E-state index contributed by atoms with van der Waals surface area (Å²) in [6.07, 6.45) is 0.386. The summed E-state index contributed by atoms with van der Waals surface area (Å²) in [6.45, 7) is 0. The predicted octanol–water partition coefficient (Wildman–Crippen LogP) is 0.828. The number of nitrogens with zero attached hydrogens (tertiary/aromatic N) is 1. The number of rotatable bonds is 1. The van der Waals surface area contributed by atoms with Crippen molar-refractivity contribution < 1.29 is 12.8 Å². The van der Waals surface area contributed by atoms with Gasteiger partial charge in [0.15, 0.2) is 9.84 Å². The second-order valence-corrected chi connectivity index (χ2v) is 6.73. The molecule has 96 valence electrons. The van der Waals surface area contributed by atoms with Crippen LogP contribution >= 0.6 is 0 Å². The van der Waals surface area contributed by atoms with E-state index in [1.54, 1.807) is 6.07 Å². The Morgan fingerprint density at radius 3 is 2.78 bits per heavy atom. The van der Waals surface area contributed by atoms with Gasteiger partial charge in [-0.1, -0.05) is 6.07 Å². The number of nitrogens with one attached hydrogen (secondary N) is 1. The Hall–Kier alpha value is -1.63. The molecule has 3 rings (SSSR count). The lowest BCUT2D eigenvalue weighted by Crippen LogP contribution is -2.23. The number of fused-ring (bicyclic) bond motifs is 1. The van der Waals surface area contributed by atoms with Gasteiger partial charge in [0.05, 0.1) is 23.1 Å². The summed E-state index contributed by atoms with van der Waals surface area (Å²) in [7, 11) is -3.08. The molecule has 1 N–H and O–H groups in total. The number of aromatic amines is 1. The fraction of sp³-hybridized carbons (Fsp3) is 0.364. The van der Waals surface area contributed by atoms with Crippen LogP contribution in [-0.2, 0) is 9.84 Å². The fourth-order valence-electron chi connectivity index (χ4n) is 2.37. The highest BCUT2D eigenvalue weighted by Crippen LogP contribution is 2.23. The van der Waals surface area contributed by atoms with Crippen molar-refractivity contribution in [1.82, 2.24) is 9.78 Å². The third-order valence-corrected chi connectivity index (χ3v) is 5.01. The SMILES string of the molecule is O=c1c2c(F)cccc2[nH]n1C1CCS(=O)(=O)C1. The maximum absolute atomic E-state index is 13.5. The molecule has 1 atom stereocenters. The van der Waals surface area contributed by atoms with Gasteiger partial charge in [-0.05, 0) is 18.6 Å². The molecule has 0 bridgehead atoms. The van der Waals surface area contributed by atoms with Crippen LogP contribution in [0.1, 0.15) is 12.5 Å². The topological polar surface area (TPSA) is 71.9 Å². The standard InChI is InChI=1S/C11H11FN2O3S/c12-8-2-1-3-9-10(8)11(15)14(13-9)7-4-5-18(16,17)6-7/h1-3,7,13H,4-6H2.